The first-order valence-electron chi connectivity index (χ1n) is 8.98. The molecule has 0 aliphatic rings. The summed E-state index contributed by atoms with van der Waals surface area (Å²) in [5, 5.41) is 7.39. The highest BCUT2D eigenvalue weighted by Crippen LogP contribution is 2.25. The molecule has 6 nitrogen and oxygen atoms in total. The van der Waals surface area contributed by atoms with E-state index in [1.807, 2.05) is 0 Å². The molecule has 2 amide bonds. The zero-order valence-corrected chi connectivity index (χ0v) is 19.0. The molecule has 0 atom stereocenters. The summed E-state index contributed by atoms with van der Waals surface area (Å²) in [7, 11) is 0. The molecule has 0 unspecified atom stereocenters. The monoisotopic (exact) mass is 519 g/mol. The fraction of sp³-hybridized carbons (Fsp3) is 0.0455. The second kappa shape index (κ2) is 10.9. The van der Waals surface area contributed by atoms with Crippen LogP contribution < -0.4 is 15.5 Å². The first-order chi connectivity index (χ1) is 14.9. The molecule has 0 aliphatic carbocycles. The van der Waals surface area contributed by atoms with Crippen molar-refractivity contribution in [2.45, 2.75) is 0 Å². The summed E-state index contributed by atoms with van der Waals surface area (Å²) in [6.07, 6.45) is 1.45. The smallest absolute Gasteiger partial charge is 0.271 e. The number of hydrazone groups is 1. The maximum atomic E-state index is 12.2. The number of hydrogen-bond acceptors (Lipinski definition) is 4. The highest BCUT2D eigenvalue weighted by molar-refractivity contribution is 9.10. The standard InChI is InChI=1S/C22H16BrCl2N3O3/c23-16-7-5-14(6-8-16)22(30)28-26-12-15-3-1-2-4-20(15)31-13-21(29)27-17-9-10-18(24)19(25)11-17/h1-12H,13H2,(H,27,29)(H,28,30)/b26-12+. The molecule has 0 aromatic heterocycles. The molecule has 0 radical (unpaired) electrons. The van der Waals surface area contributed by atoms with Crippen molar-refractivity contribution in [3.8, 4) is 5.75 Å². The van der Waals surface area contributed by atoms with Gasteiger partial charge in [-0.05, 0) is 54.6 Å². The molecule has 9 heteroatoms. The van der Waals surface area contributed by atoms with Gasteiger partial charge >= 0.3 is 0 Å². The Hall–Kier alpha value is -2.87. The van der Waals surface area contributed by atoms with Crippen molar-refractivity contribution in [2.24, 2.45) is 5.10 Å². The summed E-state index contributed by atoms with van der Waals surface area (Å²) in [4.78, 5) is 24.3. The Kier molecular flexibility index (Phi) is 8.06. The quantitative estimate of drug-likeness (QED) is 0.317. The number of amides is 2. The van der Waals surface area contributed by atoms with Gasteiger partial charge in [0.25, 0.3) is 11.8 Å². The lowest BCUT2D eigenvalue weighted by Crippen LogP contribution is -2.20. The molecular weight excluding hydrogens is 505 g/mol. The van der Waals surface area contributed by atoms with Crippen LogP contribution >= 0.6 is 39.1 Å². The van der Waals surface area contributed by atoms with E-state index in [4.69, 9.17) is 27.9 Å². The van der Waals surface area contributed by atoms with Gasteiger partial charge in [0.2, 0.25) is 0 Å². The Labute approximate surface area is 197 Å². The fourth-order valence-electron chi connectivity index (χ4n) is 2.46. The van der Waals surface area contributed by atoms with Gasteiger partial charge in [0.15, 0.2) is 6.61 Å². The van der Waals surface area contributed by atoms with Gasteiger partial charge in [0.1, 0.15) is 5.75 Å². The van der Waals surface area contributed by atoms with E-state index in [-0.39, 0.29) is 18.4 Å². The number of halogens is 3. The van der Waals surface area contributed by atoms with Crippen LogP contribution in [-0.4, -0.2) is 24.6 Å². The predicted molar refractivity (Wildman–Crippen MR) is 126 cm³/mol. The van der Waals surface area contributed by atoms with Crippen LogP contribution in [0.25, 0.3) is 0 Å². The van der Waals surface area contributed by atoms with Crippen LogP contribution in [0.4, 0.5) is 5.69 Å². The van der Waals surface area contributed by atoms with Crippen molar-refractivity contribution in [1.82, 2.24) is 5.43 Å². The highest BCUT2D eigenvalue weighted by atomic mass is 79.9. The molecule has 3 rings (SSSR count). The normalized spacial score (nSPS) is 10.7. The van der Waals surface area contributed by atoms with E-state index in [0.717, 1.165) is 4.47 Å². The molecule has 31 heavy (non-hydrogen) atoms. The summed E-state index contributed by atoms with van der Waals surface area (Å²) in [6, 6.07) is 18.7. The second-order valence-corrected chi connectivity index (χ2v) is 7.94. The van der Waals surface area contributed by atoms with Gasteiger partial charge in [-0.1, -0.05) is 51.3 Å². The van der Waals surface area contributed by atoms with Gasteiger partial charge in [0.05, 0.1) is 16.3 Å². The molecule has 0 spiro atoms. The molecular formula is C22H16BrCl2N3O3. The van der Waals surface area contributed by atoms with Gasteiger partial charge in [-0.25, -0.2) is 5.43 Å². The number of anilines is 1. The van der Waals surface area contributed by atoms with E-state index < -0.39 is 0 Å². The number of para-hydroxylation sites is 1. The van der Waals surface area contributed by atoms with E-state index in [2.05, 4.69) is 31.8 Å². The van der Waals surface area contributed by atoms with E-state index in [9.17, 15) is 9.59 Å². The van der Waals surface area contributed by atoms with Crippen molar-refractivity contribution in [3.05, 3.63) is 92.4 Å². The second-order valence-electron chi connectivity index (χ2n) is 6.21. The summed E-state index contributed by atoms with van der Waals surface area (Å²) in [5.74, 6) is -0.273. The molecule has 0 bridgehead atoms. The van der Waals surface area contributed by atoms with Crippen molar-refractivity contribution in [1.29, 1.82) is 0 Å². The Morgan fingerprint density at radius 1 is 1.00 bits per heavy atom. The van der Waals surface area contributed by atoms with E-state index in [0.29, 0.717) is 32.6 Å². The average Bonchev–Trinajstić information content (AvgIpc) is 2.76. The van der Waals surface area contributed by atoms with E-state index >= 15 is 0 Å². The van der Waals surface area contributed by atoms with E-state index in [1.165, 1.54) is 6.21 Å². The molecule has 3 aromatic carbocycles. The highest BCUT2D eigenvalue weighted by Gasteiger charge is 2.08. The third kappa shape index (κ3) is 6.82. The molecule has 3 aromatic rings. The molecule has 0 aliphatic heterocycles. The van der Waals surface area contributed by atoms with Crippen molar-refractivity contribution in [3.63, 3.8) is 0 Å². The lowest BCUT2D eigenvalue weighted by Gasteiger charge is -2.10. The summed E-state index contributed by atoms with van der Waals surface area (Å²) < 4.78 is 6.48. The number of carbonyl (C=O) groups is 2. The van der Waals surface area contributed by atoms with Gasteiger partial charge in [-0.2, -0.15) is 5.10 Å². The number of rotatable bonds is 7. The predicted octanol–water partition coefficient (Wildman–Crippen LogP) is 5.54. The Morgan fingerprint density at radius 2 is 1.74 bits per heavy atom. The number of nitrogens with zero attached hydrogens (tertiary/aromatic N) is 1. The van der Waals surface area contributed by atoms with Gasteiger partial charge in [-0.15, -0.1) is 0 Å². The minimum absolute atomic E-state index is 0.226. The van der Waals surface area contributed by atoms with E-state index in [1.54, 1.807) is 66.7 Å². The van der Waals surface area contributed by atoms with Gasteiger partial charge < -0.3 is 10.1 Å². The number of benzene rings is 3. The molecule has 2 N–H and O–H groups in total. The van der Waals surface area contributed by atoms with Crippen LogP contribution in [0.2, 0.25) is 10.0 Å². The van der Waals surface area contributed by atoms with Crippen LogP contribution in [0.3, 0.4) is 0 Å². The van der Waals surface area contributed by atoms with Crippen LogP contribution in [0.15, 0.2) is 76.3 Å². The maximum Gasteiger partial charge on any atom is 0.271 e. The SMILES string of the molecule is O=C(COc1ccccc1/C=N/NC(=O)c1ccc(Br)cc1)Nc1ccc(Cl)c(Cl)c1. The molecule has 0 heterocycles. The van der Waals surface area contributed by atoms with Crippen molar-refractivity contribution >= 4 is 62.8 Å². The first kappa shape index (κ1) is 22.8. The van der Waals surface area contributed by atoms with Gasteiger partial charge in [0, 0.05) is 21.3 Å². The lowest BCUT2D eigenvalue weighted by molar-refractivity contribution is -0.118. The van der Waals surface area contributed by atoms with Crippen LogP contribution in [0.5, 0.6) is 5.75 Å². The fourth-order valence-corrected chi connectivity index (χ4v) is 3.02. The minimum Gasteiger partial charge on any atom is -0.483 e. The molecule has 0 saturated heterocycles. The van der Waals surface area contributed by atoms with Crippen LogP contribution in [0.1, 0.15) is 15.9 Å². The Morgan fingerprint density at radius 3 is 2.48 bits per heavy atom. The summed E-state index contributed by atoms with van der Waals surface area (Å²) >= 11 is 15.1. The molecule has 0 saturated carbocycles. The molecule has 158 valence electrons. The number of nitrogens with one attached hydrogen (secondary N) is 2. The summed E-state index contributed by atoms with van der Waals surface area (Å²) in [6.45, 7) is -0.226. The number of ether oxygens (including phenoxy) is 1. The lowest BCUT2D eigenvalue weighted by atomic mass is 10.2. The average molecular weight is 521 g/mol. The van der Waals surface area contributed by atoms with Gasteiger partial charge in [-0.3, -0.25) is 9.59 Å². The van der Waals surface area contributed by atoms with Crippen molar-refractivity contribution < 1.29 is 14.3 Å². The third-order valence-corrected chi connectivity index (χ3v) is 5.22. The zero-order valence-electron chi connectivity index (χ0n) is 15.9. The third-order valence-electron chi connectivity index (χ3n) is 3.96. The topological polar surface area (TPSA) is 79.8 Å². The van der Waals surface area contributed by atoms with Crippen molar-refractivity contribution in [2.75, 3.05) is 11.9 Å². The zero-order chi connectivity index (χ0) is 22.2. The number of carbonyl (C=O) groups excluding carboxylic acids is 2. The maximum absolute atomic E-state index is 12.2. The largest absolute Gasteiger partial charge is 0.483 e. The first-order valence-corrected chi connectivity index (χ1v) is 10.5. The number of hydrogen-bond donors (Lipinski definition) is 2. The van der Waals surface area contributed by atoms with Crippen LogP contribution in [0, 0.1) is 0 Å². The molecule has 0 fully saturated rings. The summed E-state index contributed by atoms with van der Waals surface area (Å²) in [5.41, 5.74) is 4.04. The Bertz CT molecular complexity index is 1120. The Balaban J connectivity index is 1.57. The van der Waals surface area contributed by atoms with Crippen LogP contribution in [-0.2, 0) is 4.79 Å². The minimum atomic E-state index is -0.367.